The van der Waals surface area contributed by atoms with E-state index in [-0.39, 0.29) is 12.5 Å². The molecule has 0 aliphatic heterocycles. The summed E-state index contributed by atoms with van der Waals surface area (Å²) in [6.07, 6.45) is 0. The fourth-order valence-corrected chi connectivity index (χ4v) is 1.77. The highest BCUT2D eigenvalue weighted by Crippen LogP contribution is 2.18. The number of methoxy groups -OCH3 is 1. The summed E-state index contributed by atoms with van der Waals surface area (Å²) in [6, 6.07) is 5.37. The van der Waals surface area contributed by atoms with Gasteiger partial charge in [-0.3, -0.25) is 4.79 Å². The zero-order valence-electron chi connectivity index (χ0n) is 10.9. The second-order valence-corrected chi connectivity index (χ2v) is 4.31. The van der Waals surface area contributed by atoms with Gasteiger partial charge in [-0.25, -0.2) is 0 Å². The fourth-order valence-electron chi connectivity index (χ4n) is 1.77. The third-order valence-corrected chi connectivity index (χ3v) is 2.59. The van der Waals surface area contributed by atoms with Gasteiger partial charge in [0.2, 0.25) is 5.91 Å². The summed E-state index contributed by atoms with van der Waals surface area (Å²) in [5, 5.41) is 0. The van der Waals surface area contributed by atoms with E-state index in [1.165, 1.54) is 7.11 Å². The summed E-state index contributed by atoms with van der Waals surface area (Å²) < 4.78 is 4.89. The Morgan fingerprint density at radius 1 is 1.35 bits per heavy atom. The van der Waals surface area contributed by atoms with Crippen LogP contribution in [0.1, 0.15) is 11.1 Å². The maximum atomic E-state index is 12.0. The number of nitrogens with two attached hydrogens (primary N) is 1. The van der Waals surface area contributed by atoms with Crippen molar-refractivity contribution in [3.8, 4) is 0 Å². The number of carbonyl (C=O) groups is 1. The van der Waals surface area contributed by atoms with E-state index in [2.05, 4.69) is 6.07 Å². The number of likely N-dealkylation sites (N-methyl/N-ethyl adjacent to an activating group) is 1. The van der Waals surface area contributed by atoms with E-state index in [4.69, 9.17) is 10.5 Å². The molecule has 0 aliphatic carbocycles. The summed E-state index contributed by atoms with van der Waals surface area (Å²) in [5.41, 5.74) is 8.84. The molecule has 0 bridgehead atoms. The quantitative estimate of drug-likeness (QED) is 0.855. The Labute approximate surface area is 102 Å². The first kappa shape index (κ1) is 13.7. The van der Waals surface area contributed by atoms with Crippen LogP contribution in [0.2, 0.25) is 0 Å². The van der Waals surface area contributed by atoms with Gasteiger partial charge in [-0.2, -0.15) is 0 Å². The molecule has 0 saturated heterocycles. The number of hydrogen-bond donors (Lipinski definition) is 1. The molecule has 0 aromatic heterocycles. The van der Waals surface area contributed by atoms with E-state index < -0.39 is 6.04 Å². The van der Waals surface area contributed by atoms with Crippen molar-refractivity contribution in [3.63, 3.8) is 0 Å². The Kier molecular flexibility index (Phi) is 4.66. The van der Waals surface area contributed by atoms with Crippen LogP contribution in [-0.2, 0) is 9.53 Å². The molecule has 17 heavy (non-hydrogen) atoms. The standard InChI is InChI=1S/C13H20N2O2/c1-9-5-10(2)7-11(6-9)15(3)13(16)12(14)8-17-4/h5-7,12H,8,14H2,1-4H3. The molecule has 0 radical (unpaired) electrons. The van der Waals surface area contributed by atoms with Gasteiger partial charge in [0, 0.05) is 19.8 Å². The maximum Gasteiger partial charge on any atom is 0.246 e. The molecule has 0 aliphatic rings. The van der Waals surface area contributed by atoms with Crippen LogP contribution < -0.4 is 10.6 Å². The van der Waals surface area contributed by atoms with Crippen molar-refractivity contribution in [2.75, 3.05) is 25.7 Å². The molecule has 1 atom stereocenters. The number of carbonyl (C=O) groups excluding carboxylic acids is 1. The summed E-state index contributed by atoms with van der Waals surface area (Å²) in [4.78, 5) is 13.6. The maximum absolute atomic E-state index is 12.0. The van der Waals surface area contributed by atoms with Gasteiger partial charge in [0.1, 0.15) is 6.04 Å². The minimum absolute atomic E-state index is 0.142. The normalized spacial score (nSPS) is 12.3. The lowest BCUT2D eigenvalue weighted by atomic mass is 10.1. The number of anilines is 1. The number of rotatable bonds is 4. The molecule has 4 nitrogen and oxygen atoms in total. The van der Waals surface area contributed by atoms with Crippen molar-refractivity contribution in [2.24, 2.45) is 5.73 Å². The van der Waals surface area contributed by atoms with Crippen LogP contribution in [0, 0.1) is 13.8 Å². The van der Waals surface area contributed by atoms with Gasteiger partial charge in [0.15, 0.2) is 0 Å². The molecule has 2 N–H and O–H groups in total. The van der Waals surface area contributed by atoms with Gasteiger partial charge in [0.05, 0.1) is 6.61 Å². The summed E-state index contributed by atoms with van der Waals surface area (Å²) in [7, 11) is 3.26. The Morgan fingerprint density at radius 2 is 1.88 bits per heavy atom. The molecule has 4 heteroatoms. The first-order valence-corrected chi connectivity index (χ1v) is 5.56. The van der Waals surface area contributed by atoms with Gasteiger partial charge in [-0.1, -0.05) is 6.07 Å². The van der Waals surface area contributed by atoms with E-state index in [1.807, 2.05) is 26.0 Å². The SMILES string of the molecule is COCC(N)C(=O)N(C)c1cc(C)cc(C)c1. The molecule has 1 unspecified atom stereocenters. The molecule has 94 valence electrons. The lowest BCUT2D eigenvalue weighted by molar-refractivity contribution is -0.120. The molecule has 0 saturated carbocycles. The fraction of sp³-hybridized carbons (Fsp3) is 0.462. The van der Waals surface area contributed by atoms with Crippen molar-refractivity contribution in [1.29, 1.82) is 0 Å². The highest BCUT2D eigenvalue weighted by Gasteiger charge is 2.19. The Balaban J connectivity index is 2.88. The third kappa shape index (κ3) is 3.54. The topological polar surface area (TPSA) is 55.6 Å². The lowest BCUT2D eigenvalue weighted by Crippen LogP contribution is -2.44. The van der Waals surface area contributed by atoms with Crippen molar-refractivity contribution >= 4 is 11.6 Å². The molecule has 0 spiro atoms. The van der Waals surface area contributed by atoms with E-state index in [0.717, 1.165) is 16.8 Å². The first-order valence-electron chi connectivity index (χ1n) is 5.56. The van der Waals surface area contributed by atoms with E-state index in [0.29, 0.717) is 0 Å². The number of nitrogens with zero attached hydrogens (tertiary/aromatic N) is 1. The third-order valence-electron chi connectivity index (χ3n) is 2.59. The van der Waals surface area contributed by atoms with Crippen LogP contribution in [-0.4, -0.2) is 32.7 Å². The zero-order chi connectivity index (χ0) is 13.0. The van der Waals surface area contributed by atoms with Crippen LogP contribution >= 0.6 is 0 Å². The van der Waals surface area contributed by atoms with Crippen LogP contribution in [0.3, 0.4) is 0 Å². The Bertz CT molecular complexity index is 384. The minimum atomic E-state index is -0.620. The second kappa shape index (κ2) is 5.80. The van der Waals surface area contributed by atoms with Crippen LogP contribution in [0.5, 0.6) is 0 Å². The Hall–Kier alpha value is -1.39. The summed E-state index contributed by atoms with van der Waals surface area (Å²) in [6.45, 7) is 4.24. The van der Waals surface area contributed by atoms with E-state index >= 15 is 0 Å². The highest BCUT2D eigenvalue weighted by atomic mass is 16.5. The average Bonchev–Trinajstić information content (AvgIpc) is 2.26. The molecule has 0 fully saturated rings. The Morgan fingerprint density at radius 3 is 2.35 bits per heavy atom. The van der Waals surface area contributed by atoms with E-state index in [1.54, 1.807) is 11.9 Å². The van der Waals surface area contributed by atoms with Crippen LogP contribution in [0.4, 0.5) is 5.69 Å². The molecule has 1 rings (SSSR count). The molecule has 1 aromatic carbocycles. The predicted octanol–water partition coefficient (Wildman–Crippen LogP) is 1.24. The zero-order valence-corrected chi connectivity index (χ0v) is 10.9. The number of hydrogen-bond acceptors (Lipinski definition) is 3. The van der Waals surface area contributed by atoms with Crippen molar-refractivity contribution < 1.29 is 9.53 Å². The van der Waals surface area contributed by atoms with Crippen molar-refractivity contribution in [1.82, 2.24) is 0 Å². The predicted molar refractivity (Wildman–Crippen MR) is 69.2 cm³/mol. The molecular weight excluding hydrogens is 216 g/mol. The monoisotopic (exact) mass is 236 g/mol. The second-order valence-electron chi connectivity index (χ2n) is 4.31. The van der Waals surface area contributed by atoms with Crippen LogP contribution in [0.25, 0.3) is 0 Å². The highest BCUT2D eigenvalue weighted by molar-refractivity contribution is 5.96. The number of amides is 1. The molecule has 1 amide bonds. The lowest BCUT2D eigenvalue weighted by Gasteiger charge is -2.21. The van der Waals surface area contributed by atoms with Gasteiger partial charge in [-0.05, 0) is 37.1 Å². The largest absolute Gasteiger partial charge is 0.383 e. The number of ether oxygens (including phenoxy) is 1. The number of benzene rings is 1. The minimum Gasteiger partial charge on any atom is -0.383 e. The van der Waals surface area contributed by atoms with Gasteiger partial charge in [0.25, 0.3) is 0 Å². The smallest absolute Gasteiger partial charge is 0.246 e. The van der Waals surface area contributed by atoms with Crippen molar-refractivity contribution in [2.45, 2.75) is 19.9 Å². The van der Waals surface area contributed by atoms with Crippen LogP contribution in [0.15, 0.2) is 18.2 Å². The van der Waals surface area contributed by atoms with E-state index in [9.17, 15) is 4.79 Å². The first-order chi connectivity index (χ1) is 7.95. The average molecular weight is 236 g/mol. The van der Waals surface area contributed by atoms with Gasteiger partial charge >= 0.3 is 0 Å². The molecular formula is C13H20N2O2. The molecule has 1 aromatic rings. The summed E-state index contributed by atoms with van der Waals surface area (Å²) >= 11 is 0. The summed E-state index contributed by atoms with van der Waals surface area (Å²) in [5.74, 6) is -0.142. The van der Waals surface area contributed by atoms with Gasteiger partial charge in [-0.15, -0.1) is 0 Å². The van der Waals surface area contributed by atoms with Crippen molar-refractivity contribution in [3.05, 3.63) is 29.3 Å². The molecule has 0 heterocycles. The van der Waals surface area contributed by atoms with Gasteiger partial charge < -0.3 is 15.4 Å². The number of aryl methyl sites for hydroxylation is 2.